The number of hydrogen-bond acceptors (Lipinski definition) is 4. The molecule has 6 heteroatoms. The first-order chi connectivity index (χ1) is 11.6. The lowest BCUT2D eigenvalue weighted by Gasteiger charge is -2.31. The second kappa shape index (κ2) is 7.21. The molecule has 2 aliphatic heterocycles. The minimum atomic E-state index is -0.256. The summed E-state index contributed by atoms with van der Waals surface area (Å²) in [6, 6.07) is 8.76. The van der Waals surface area contributed by atoms with E-state index in [1.54, 1.807) is 0 Å². The maximum atomic E-state index is 11.7. The minimum Gasteiger partial charge on any atom is -0.373 e. The topological polar surface area (TPSA) is 55.9 Å². The van der Waals surface area contributed by atoms with Crippen molar-refractivity contribution in [1.29, 1.82) is 0 Å². The van der Waals surface area contributed by atoms with Gasteiger partial charge in [-0.2, -0.15) is 0 Å². The van der Waals surface area contributed by atoms with Gasteiger partial charge in [0.15, 0.2) is 0 Å². The zero-order chi connectivity index (χ0) is 17.1. The number of benzene rings is 1. The maximum Gasteiger partial charge on any atom is 0.324 e. The molecule has 130 valence electrons. The lowest BCUT2D eigenvalue weighted by Crippen LogP contribution is -2.41. The normalized spacial score (nSPS) is 21.7. The summed E-state index contributed by atoms with van der Waals surface area (Å²) in [4.78, 5) is 29.4. The fraction of sp³-hybridized carbons (Fsp3) is 0.556. The summed E-state index contributed by atoms with van der Waals surface area (Å²) in [5.74, 6) is -0.118. The Morgan fingerprint density at radius 2 is 2.00 bits per heavy atom. The Morgan fingerprint density at radius 1 is 1.21 bits per heavy atom. The Balaban J connectivity index is 1.65. The molecule has 1 N–H and O–H groups in total. The van der Waals surface area contributed by atoms with Crippen molar-refractivity contribution < 1.29 is 9.59 Å². The lowest BCUT2D eigenvalue weighted by molar-refractivity contribution is -0.125. The third kappa shape index (κ3) is 3.38. The summed E-state index contributed by atoms with van der Waals surface area (Å²) in [6.45, 7) is 5.65. The van der Waals surface area contributed by atoms with Crippen molar-refractivity contribution in [2.24, 2.45) is 0 Å². The highest BCUT2D eigenvalue weighted by molar-refractivity contribution is 6.01. The number of amides is 3. The van der Waals surface area contributed by atoms with Crippen LogP contribution in [0, 0.1) is 0 Å². The zero-order valence-electron chi connectivity index (χ0n) is 14.5. The Kier molecular flexibility index (Phi) is 5.04. The van der Waals surface area contributed by atoms with Crippen LogP contribution < -0.4 is 10.2 Å². The van der Waals surface area contributed by atoms with Gasteiger partial charge in [-0.15, -0.1) is 0 Å². The van der Waals surface area contributed by atoms with Gasteiger partial charge in [0.2, 0.25) is 5.91 Å². The molecule has 0 bridgehead atoms. The quantitative estimate of drug-likeness (QED) is 0.834. The number of carbonyl (C=O) groups is 2. The Bertz CT molecular complexity index is 603. The van der Waals surface area contributed by atoms with Crippen LogP contribution in [0.3, 0.4) is 0 Å². The van der Waals surface area contributed by atoms with Gasteiger partial charge in [-0.05, 0) is 24.5 Å². The summed E-state index contributed by atoms with van der Waals surface area (Å²) in [5.41, 5.74) is 2.64. The smallest absolute Gasteiger partial charge is 0.324 e. The van der Waals surface area contributed by atoms with Crippen molar-refractivity contribution in [1.82, 2.24) is 15.1 Å². The highest BCUT2D eigenvalue weighted by Gasteiger charge is 2.29. The predicted octanol–water partition coefficient (Wildman–Crippen LogP) is 1.66. The first-order valence-electron chi connectivity index (χ1n) is 8.71. The third-order valence-corrected chi connectivity index (χ3v) is 5.01. The number of nitrogens with one attached hydrogen (secondary N) is 1. The van der Waals surface area contributed by atoms with Gasteiger partial charge in [0, 0.05) is 45.0 Å². The second-order valence-corrected chi connectivity index (χ2v) is 6.60. The second-order valence-electron chi connectivity index (χ2n) is 6.60. The molecular weight excluding hydrogens is 304 g/mol. The van der Waals surface area contributed by atoms with Crippen molar-refractivity contribution in [3.05, 3.63) is 29.8 Å². The van der Waals surface area contributed by atoms with E-state index in [2.05, 4.69) is 53.4 Å². The molecule has 0 aliphatic carbocycles. The van der Waals surface area contributed by atoms with E-state index in [9.17, 15) is 9.59 Å². The summed E-state index contributed by atoms with van der Waals surface area (Å²) in [7, 11) is 2.15. The summed E-state index contributed by atoms with van der Waals surface area (Å²) in [6.07, 6.45) is 1.89. The number of anilines is 1. The monoisotopic (exact) mass is 330 g/mol. The van der Waals surface area contributed by atoms with E-state index in [1.807, 2.05) is 0 Å². The Labute approximate surface area is 143 Å². The summed E-state index contributed by atoms with van der Waals surface area (Å²) >= 11 is 0. The molecule has 2 aliphatic rings. The molecule has 0 spiro atoms. The number of urea groups is 1. The molecule has 24 heavy (non-hydrogen) atoms. The molecule has 2 heterocycles. The van der Waals surface area contributed by atoms with E-state index in [0.717, 1.165) is 32.5 Å². The molecule has 1 fully saturated rings. The number of rotatable bonds is 5. The number of nitrogens with zero attached hydrogens (tertiary/aromatic N) is 3. The van der Waals surface area contributed by atoms with Crippen LogP contribution >= 0.6 is 0 Å². The van der Waals surface area contributed by atoms with E-state index in [-0.39, 0.29) is 18.5 Å². The number of carbonyl (C=O) groups excluding carboxylic acids is 2. The average molecular weight is 330 g/mol. The minimum absolute atomic E-state index is 0.118. The molecular formula is C18H26N4O2. The van der Waals surface area contributed by atoms with Gasteiger partial charge < -0.3 is 10.2 Å². The van der Waals surface area contributed by atoms with Crippen LogP contribution in [0.4, 0.5) is 10.5 Å². The van der Waals surface area contributed by atoms with Gasteiger partial charge in [-0.3, -0.25) is 14.6 Å². The number of likely N-dealkylation sites (N-methyl/N-ethyl adjacent to an activating group) is 1. The van der Waals surface area contributed by atoms with Crippen LogP contribution in [0.5, 0.6) is 0 Å². The van der Waals surface area contributed by atoms with Crippen LogP contribution in [0.1, 0.15) is 25.3 Å². The summed E-state index contributed by atoms with van der Waals surface area (Å²) in [5, 5.41) is 2.57. The van der Waals surface area contributed by atoms with Crippen LogP contribution in [0.2, 0.25) is 0 Å². The lowest BCUT2D eigenvalue weighted by atomic mass is 10.1. The van der Waals surface area contributed by atoms with Gasteiger partial charge in [0.1, 0.15) is 0 Å². The summed E-state index contributed by atoms with van der Waals surface area (Å²) < 4.78 is 0. The molecule has 0 saturated carbocycles. The maximum absolute atomic E-state index is 11.7. The van der Waals surface area contributed by atoms with E-state index >= 15 is 0 Å². The molecule has 1 aromatic carbocycles. The molecule has 0 radical (unpaired) electrons. The number of imide groups is 1. The van der Waals surface area contributed by atoms with Crippen LogP contribution in [-0.4, -0.2) is 61.0 Å². The molecule has 3 amide bonds. The average Bonchev–Trinajstić information content (AvgIpc) is 2.83. The van der Waals surface area contributed by atoms with Crippen LogP contribution in [0.25, 0.3) is 0 Å². The first-order valence-corrected chi connectivity index (χ1v) is 8.71. The van der Waals surface area contributed by atoms with E-state index in [4.69, 9.17) is 0 Å². The van der Waals surface area contributed by atoms with Crippen molar-refractivity contribution >= 4 is 17.6 Å². The molecule has 3 rings (SSSR count). The zero-order valence-corrected chi connectivity index (χ0v) is 14.5. The highest BCUT2D eigenvalue weighted by atomic mass is 16.2. The number of para-hydroxylation sites is 1. The molecule has 1 aromatic rings. The standard InChI is InChI=1S/C18H26N4O2/c1-3-15-13-20(2)16-8-5-4-7-14(16)12-21(15)9-6-10-22-17(23)11-19-18(22)24/h4-5,7-8,15H,3,6,9-13H2,1-2H3,(H,19,24)/t15-/m1/s1. The van der Waals surface area contributed by atoms with Crippen LogP contribution in [-0.2, 0) is 11.3 Å². The van der Waals surface area contributed by atoms with Gasteiger partial charge in [0.05, 0.1) is 6.54 Å². The highest BCUT2D eigenvalue weighted by Crippen LogP contribution is 2.27. The van der Waals surface area contributed by atoms with Crippen molar-refractivity contribution in [2.45, 2.75) is 32.4 Å². The number of fused-ring (bicyclic) bond motifs is 1. The van der Waals surface area contributed by atoms with E-state index in [0.29, 0.717) is 12.6 Å². The van der Waals surface area contributed by atoms with E-state index < -0.39 is 0 Å². The first kappa shape index (κ1) is 16.8. The molecule has 0 unspecified atom stereocenters. The molecule has 1 saturated heterocycles. The predicted molar refractivity (Wildman–Crippen MR) is 93.9 cm³/mol. The van der Waals surface area contributed by atoms with Crippen molar-refractivity contribution in [3.63, 3.8) is 0 Å². The molecule has 1 atom stereocenters. The largest absolute Gasteiger partial charge is 0.373 e. The Hall–Kier alpha value is -2.08. The number of hydrogen-bond donors (Lipinski definition) is 1. The van der Waals surface area contributed by atoms with Crippen molar-refractivity contribution in [3.8, 4) is 0 Å². The van der Waals surface area contributed by atoms with Gasteiger partial charge >= 0.3 is 6.03 Å². The molecule has 0 aromatic heterocycles. The van der Waals surface area contributed by atoms with Gasteiger partial charge in [-0.25, -0.2) is 4.79 Å². The van der Waals surface area contributed by atoms with Crippen LogP contribution in [0.15, 0.2) is 24.3 Å². The fourth-order valence-electron chi connectivity index (χ4n) is 3.66. The molecule has 6 nitrogen and oxygen atoms in total. The van der Waals surface area contributed by atoms with E-state index in [1.165, 1.54) is 16.2 Å². The van der Waals surface area contributed by atoms with Gasteiger partial charge in [-0.1, -0.05) is 25.1 Å². The third-order valence-electron chi connectivity index (χ3n) is 5.01. The fourth-order valence-corrected chi connectivity index (χ4v) is 3.66. The van der Waals surface area contributed by atoms with Gasteiger partial charge in [0.25, 0.3) is 0 Å². The SMILES string of the molecule is CC[C@@H]1CN(C)c2ccccc2CN1CCCN1C(=O)CNC1=O. The van der Waals surface area contributed by atoms with Crippen molar-refractivity contribution in [2.75, 3.05) is 38.1 Å². The Morgan fingerprint density at radius 3 is 2.71 bits per heavy atom.